The molecule has 0 saturated carbocycles. The van der Waals surface area contributed by atoms with Gasteiger partial charge in [-0.05, 0) is 41.5 Å². The number of pyridine rings is 1. The molecule has 3 aromatic carbocycles. The molecule has 6 heteroatoms. The molecule has 1 aromatic heterocycles. The molecular formula is C25H17BrNNaO3. The summed E-state index contributed by atoms with van der Waals surface area (Å²) in [5.41, 5.74) is 4.12. The Morgan fingerprint density at radius 1 is 0.839 bits per heavy atom. The summed E-state index contributed by atoms with van der Waals surface area (Å²) in [5.74, 6) is -0.575. The van der Waals surface area contributed by atoms with Crippen molar-refractivity contribution in [1.82, 2.24) is 4.98 Å². The molecule has 0 saturated heterocycles. The third-order valence-corrected chi connectivity index (χ3v) is 5.12. The number of aromatic nitrogens is 1. The summed E-state index contributed by atoms with van der Waals surface area (Å²) in [6.07, 6.45) is 0. The van der Waals surface area contributed by atoms with Gasteiger partial charge in [0.15, 0.2) is 0 Å². The number of benzene rings is 3. The van der Waals surface area contributed by atoms with Crippen molar-refractivity contribution in [1.29, 1.82) is 0 Å². The Morgan fingerprint density at radius 2 is 1.55 bits per heavy atom. The molecule has 1 heterocycles. The first kappa shape index (κ1) is 23.2. The van der Waals surface area contributed by atoms with E-state index in [0.717, 1.165) is 32.5 Å². The SMILES string of the molecule is O=C([O-])c1cccc(-c2ccccc2-c2cc(Br)ccc2OCc2ccccc2)n1.[Na+]. The number of carboxylic acid groups (broad SMARTS) is 1. The number of carboxylic acids is 1. The van der Waals surface area contributed by atoms with E-state index in [-0.39, 0.29) is 35.3 Å². The molecule has 4 rings (SSSR count). The molecule has 0 radical (unpaired) electrons. The molecule has 0 unspecified atom stereocenters. The number of aromatic carboxylic acids is 1. The maximum Gasteiger partial charge on any atom is 1.00 e. The van der Waals surface area contributed by atoms with Gasteiger partial charge in [-0.25, -0.2) is 4.98 Å². The van der Waals surface area contributed by atoms with E-state index >= 15 is 0 Å². The number of carbonyl (C=O) groups is 1. The first-order valence-electron chi connectivity index (χ1n) is 9.36. The fraction of sp³-hybridized carbons (Fsp3) is 0.0400. The van der Waals surface area contributed by atoms with Crippen LogP contribution in [0.25, 0.3) is 22.4 Å². The van der Waals surface area contributed by atoms with Gasteiger partial charge in [0.1, 0.15) is 12.4 Å². The smallest absolute Gasteiger partial charge is 0.543 e. The van der Waals surface area contributed by atoms with E-state index in [1.807, 2.05) is 72.8 Å². The van der Waals surface area contributed by atoms with Crippen LogP contribution in [0.1, 0.15) is 16.1 Å². The monoisotopic (exact) mass is 481 g/mol. The number of hydrogen-bond donors (Lipinski definition) is 0. The van der Waals surface area contributed by atoms with Crippen molar-refractivity contribution >= 4 is 21.9 Å². The topological polar surface area (TPSA) is 62.2 Å². The maximum absolute atomic E-state index is 11.3. The van der Waals surface area contributed by atoms with Crippen LogP contribution in [0.2, 0.25) is 0 Å². The van der Waals surface area contributed by atoms with E-state index in [1.54, 1.807) is 12.1 Å². The molecular weight excluding hydrogens is 465 g/mol. The number of ether oxygens (including phenoxy) is 1. The minimum absolute atomic E-state index is 0. The average molecular weight is 482 g/mol. The van der Waals surface area contributed by atoms with Gasteiger partial charge in [0.2, 0.25) is 0 Å². The third-order valence-electron chi connectivity index (χ3n) is 4.63. The quantitative estimate of drug-likeness (QED) is 0.395. The summed E-state index contributed by atoms with van der Waals surface area (Å²) in [6, 6.07) is 28.4. The van der Waals surface area contributed by atoms with Gasteiger partial charge in [0.05, 0.1) is 17.4 Å². The van der Waals surface area contributed by atoms with Crippen LogP contribution in [0.5, 0.6) is 5.75 Å². The molecule has 4 nitrogen and oxygen atoms in total. The van der Waals surface area contributed by atoms with Crippen LogP contribution < -0.4 is 39.4 Å². The maximum atomic E-state index is 11.3. The molecule has 0 fully saturated rings. The summed E-state index contributed by atoms with van der Waals surface area (Å²) in [7, 11) is 0. The van der Waals surface area contributed by atoms with Crippen LogP contribution in [0.3, 0.4) is 0 Å². The largest absolute Gasteiger partial charge is 1.00 e. The van der Waals surface area contributed by atoms with Crippen molar-refractivity contribution in [2.75, 3.05) is 0 Å². The molecule has 0 atom stereocenters. The van der Waals surface area contributed by atoms with Gasteiger partial charge >= 0.3 is 29.6 Å². The van der Waals surface area contributed by atoms with Crippen LogP contribution in [0.15, 0.2) is 95.5 Å². The Hall–Kier alpha value is -2.44. The Morgan fingerprint density at radius 3 is 2.29 bits per heavy atom. The van der Waals surface area contributed by atoms with Gasteiger partial charge < -0.3 is 14.6 Å². The fourth-order valence-corrected chi connectivity index (χ4v) is 3.57. The van der Waals surface area contributed by atoms with Crippen molar-refractivity contribution in [2.24, 2.45) is 0 Å². The van der Waals surface area contributed by atoms with E-state index in [1.165, 1.54) is 6.07 Å². The summed E-state index contributed by atoms with van der Waals surface area (Å²) in [5, 5.41) is 11.3. The van der Waals surface area contributed by atoms with Gasteiger partial charge in [0, 0.05) is 15.6 Å². The molecule has 0 aliphatic heterocycles. The zero-order valence-electron chi connectivity index (χ0n) is 16.9. The predicted octanol–water partition coefficient (Wildman–Crippen LogP) is 2.12. The van der Waals surface area contributed by atoms with Crippen molar-refractivity contribution < 1.29 is 44.2 Å². The molecule has 0 bridgehead atoms. The average Bonchev–Trinajstić information content (AvgIpc) is 2.79. The van der Waals surface area contributed by atoms with Gasteiger partial charge in [-0.2, -0.15) is 0 Å². The van der Waals surface area contributed by atoms with Crippen LogP contribution in [0.4, 0.5) is 0 Å². The molecule has 31 heavy (non-hydrogen) atoms. The summed E-state index contributed by atoms with van der Waals surface area (Å²) in [4.78, 5) is 15.5. The molecule has 4 aromatic rings. The van der Waals surface area contributed by atoms with Crippen molar-refractivity contribution in [3.05, 3.63) is 107 Å². The Labute approximate surface area is 211 Å². The van der Waals surface area contributed by atoms with Crippen molar-refractivity contribution in [3.8, 4) is 28.1 Å². The molecule has 148 valence electrons. The number of halogens is 1. The third kappa shape index (κ3) is 5.63. The Balaban J connectivity index is 0.00000272. The predicted molar refractivity (Wildman–Crippen MR) is 118 cm³/mol. The summed E-state index contributed by atoms with van der Waals surface area (Å²) >= 11 is 3.54. The number of nitrogens with zero attached hydrogens (tertiary/aromatic N) is 1. The van der Waals surface area contributed by atoms with Crippen LogP contribution in [0, 0.1) is 0 Å². The standard InChI is InChI=1S/C25H18BrNO3.Na/c26-18-13-14-24(30-16-17-7-2-1-3-8-17)21(15-18)19-9-4-5-10-20(19)22-11-6-12-23(27-22)25(28)29;/h1-15H,16H2,(H,28,29);/q;+1/p-1. The summed E-state index contributed by atoms with van der Waals surface area (Å²) in [6.45, 7) is 0.441. The molecule has 0 spiro atoms. The van der Waals surface area contributed by atoms with Crippen molar-refractivity contribution in [3.63, 3.8) is 0 Å². The second-order valence-corrected chi connectivity index (χ2v) is 7.57. The molecule has 0 N–H and O–H groups in total. The zero-order chi connectivity index (χ0) is 20.9. The first-order chi connectivity index (χ1) is 14.6. The van der Waals surface area contributed by atoms with Gasteiger partial charge in [-0.3, -0.25) is 0 Å². The molecule has 0 aliphatic rings. The van der Waals surface area contributed by atoms with Crippen LogP contribution in [-0.2, 0) is 6.61 Å². The van der Waals surface area contributed by atoms with Gasteiger partial charge in [-0.15, -0.1) is 0 Å². The van der Waals surface area contributed by atoms with E-state index in [0.29, 0.717) is 12.3 Å². The molecule has 0 amide bonds. The second kappa shape index (κ2) is 10.7. The number of rotatable bonds is 6. The van der Waals surface area contributed by atoms with E-state index in [2.05, 4.69) is 20.9 Å². The minimum Gasteiger partial charge on any atom is -0.543 e. The first-order valence-corrected chi connectivity index (χ1v) is 10.2. The normalized spacial score (nSPS) is 10.2. The minimum atomic E-state index is -1.30. The van der Waals surface area contributed by atoms with Gasteiger partial charge in [-0.1, -0.05) is 76.6 Å². The van der Waals surface area contributed by atoms with Crippen LogP contribution >= 0.6 is 15.9 Å². The van der Waals surface area contributed by atoms with E-state index in [4.69, 9.17) is 4.74 Å². The number of hydrogen-bond acceptors (Lipinski definition) is 4. The summed E-state index contributed by atoms with van der Waals surface area (Å²) < 4.78 is 7.05. The number of carbonyl (C=O) groups excluding carboxylic acids is 1. The zero-order valence-corrected chi connectivity index (χ0v) is 20.5. The Kier molecular flexibility index (Phi) is 8.04. The second-order valence-electron chi connectivity index (χ2n) is 6.66. The fourth-order valence-electron chi connectivity index (χ4n) is 3.21. The van der Waals surface area contributed by atoms with Crippen LogP contribution in [-0.4, -0.2) is 11.0 Å². The molecule has 0 aliphatic carbocycles. The van der Waals surface area contributed by atoms with E-state index in [9.17, 15) is 9.90 Å². The van der Waals surface area contributed by atoms with Gasteiger partial charge in [0.25, 0.3) is 0 Å². The van der Waals surface area contributed by atoms with E-state index < -0.39 is 5.97 Å². The van der Waals surface area contributed by atoms with Crippen molar-refractivity contribution in [2.45, 2.75) is 6.61 Å². The Bertz CT molecular complexity index is 1200.